The van der Waals surface area contributed by atoms with Gasteiger partial charge in [0.2, 0.25) is 6.41 Å². The minimum atomic E-state index is 0.605. The first-order valence-corrected chi connectivity index (χ1v) is 4.84. The van der Waals surface area contributed by atoms with Crippen LogP contribution < -0.4 is 16.8 Å². The molecule has 0 saturated heterocycles. The van der Waals surface area contributed by atoms with Crippen LogP contribution in [-0.2, 0) is 4.79 Å². The Morgan fingerprint density at radius 3 is 2.81 bits per heavy atom. The minimum Gasteiger partial charge on any atom is -0.405 e. The van der Waals surface area contributed by atoms with Gasteiger partial charge in [-0.1, -0.05) is 6.07 Å². The number of nitrogens with two attached hydrogens (primary N) is 2. The molecule has 0 atom stereocenters. The van der Waals surface area contributed by atoms with E-state index in [2.05, 4.69) is 5.32 Å². The second-order valence-electron chi connectivity index (χ2n) is 3.30. The van der Waals surface area contributed by atoms with Crippen LogP contribution in [0.25, 0.3) is 5.70 Å². The van der Waals surface area contributed by atoms with Gasteiger partial charge in [-0.25, -0.2) is 0 Å². The number of amides is 1. The number of allylic oxidation sites excluding steroid dienone is 2. The Morgan fingerprint density at radius 1 is 1.44 bits per heavy atom. The van der Waals surface area contributed by atoms with Crippen LogP contribution in [-0.4, -0.2) is 6.41 Å². The van der Waals surface area contributed by atoms with Crippen LogP contribution in [0, 0.1) is 6.92 Å². The van der Waals surface area contributed by atoms with E-state index >= 15 is 0 Å². The Balaban J connectivity index is 3.10. The lowest BCUT2D eigenvalue weighted by molar-refractivity contribution is -0.105. The van der Waals surface area contributed by atoms with Gasteiger partial charge in [0.15, 0.2) is 0 Å². The third kappa shape index (κ3) is 2.88. The van der Waals surface area contributed by atoms with Crippen LogP contribution in [0.15, 0.2) is 36.6 Å². The summed E-state index contributed by atoms with van der Waals surface area (Å²) >= 11 is 0. The third-order valence-electron chi connectivity index (χ3n) is 2.16. The van der Waals surface area contributed by atoms with Crippen molar-refractivity contribution in [3.05, 3.63) is 47.7 Å². The second kappa shape index (κ2) is 5.60. The number of hydrogen-bond donors (Lipinski definition) is 3. The molecule has 0 aromatic heterocycles. The normalized spacial score (nSPS) is 11.7. The molecule has 0 aliphatic rings. The monoisotopic (exact) mass is 217 g/mol. The number of carbonyl (C=O) groups excluding carboxylic acids is 1. The lowest BCUT2D eigenvalue weighted by atomic mass is 10.0. The molecule has 5 N–H and O–H groups in total. The number of rotatable bonds is 4. The average Bonchev–Trinajstić information content (AvgIpc) is 2.29. The van der Waals surface area contributed by atoms with E-state index in [1.807, 2.05) is 25.1 Å². The first kappa shape index (κ1) is 11.8. The number of anilines is 1. The first-order chi connectivity index (χ1) is 7.69. The fraction of sp³-hybridized carbons (Fsp3) is 0.0833. The highest BCUT2D eigenvalue weighted by Gasteiger charge is 2.02. The maximum absolute atomic E-state index is 10.3. The van der Waals surface area contributed by atoms with Crippen molar-refractivity contribution in [3.63, 3.8) is 0 Å². The fourth-order valence-electron chi connectivity index (χ4n) is 1.34. The van der Waals surface area contributed by atoms with Crippen molar-refractivity contribution in [1.82, 2.24) is 0 Å². The summed E-state index contributed by atoms with van der Waals surface area (Å²) in [6.45, 7) is 1.95. The van der Waals surface area contributed by atoms with Crippen molar-refractivity contribution in [2.24, 2.45) is 11.5 Å². The average molecular weight is 217 g/mol. The molecule has 0 spiro atoms. The van der Waals surface area contributed by atoms with Crippen molar-refractivity contribution in [1.29, 1.82) is 0 Å². The van der Waals surface area contributed by atoms with Crippen LogP contribution in [0.1, 0.15) is 11.1 Å². The van der Waals surface area contributed by atoms with Gasteiger partial charge in [0, 0.05) is 16.9 Å². The summed E-state index contributed by atoms with van der Waals surface area (Å²) in [6.07, 6.45) is 5.42. The highest BCUT2D eigenvalue weighted by molar-refractivity contribution is 5.76. The predicted octanol–water partition coefficient (Wildman–Crippen LogP) is 1.34. The quantitative estimate of drug-likeness (QED) is 0.525. The molecule has 1 rings (SSSR count). The number of hydrogen-bond acceptors (Lipinski definition) is 3. The molecule has 0 unspecified atom stereocenters. The Labute approximate surface area is 94.6 Å². The maximum atomic E-state index is 10.3. The maximum Gasteiger partial charge on any atom is 0.211 e. The molecule has 1 aromatic carbocycles. The first-order valence-electron chi connectivity index (χ1n) is 4.84. The van der Waals surface area contributed by atoms with Gasteiger partial charge >= 0.3 is 0 Å². The van der Waals surface area contributed by atoms with Gasteiger partial charge in [-0.3, -0.25) is 4.79 Å². The van der Waals surface area contributed by atoms with Gasteiger partial charge in [0.05, 0.1) is 0 Å². The molecule has 0 aliphatic heterocycles. The zero-order valence-corrected chi connectivity index (χ0v) is 9.10. The lowest BCUT2D eigenvalue weighted by Crippen LogP contribution is -2.01. The second-order valence-corrected chi connectivity index (χ2v) is 3.30. The number of carbonyl (C=O) groups is 1. The van der Waals surface area contributed by atoms with Crippen molar-refractivity contribution in [2.75, 3.05) is 5.32 Å². The van der Waals surface area contributed by atoms with Crippen LogP contribution in [0.3, 0.4) is 0 Å². The Bertz CT molecular complexity index is 436. The van der Waals surface area contributed by atoms with Gasteiger partial charge < -0.3 is 16.8 Å². The van der Waals surface area contributed by atoms with Gasteiger partial charge in [-0.15, -0.1) is 0 Å². The molecular weight excluding hydrogens is 202 g/mol. The third-order valence-corrected chi connectivity index (χ3v) is 2.16. The summed E-state index contributed by atoms with van der Waals surface area (Å²) in [5.74, 6) is 0. The molecule has 1 aromatic rings. The van der Waals surface area contributed by atoms with E-state index in [0.29, 0.717) is 17.8 Å². The van der Waals surface area contributed by atoms with Crippen molar-refractivity contribution in [3.8, 4) is 0 Å². The van der Waals surface area contributed by atoms with E-state index in [0.717, 1.165) is 11.1 Å². The predicted molar refractivity (Wildman–Crippen MR) is 66.4 cm³/mol. The fourth-order valence-corrected chi connectivity index (χ4v) is 1.34. The summed E-state index contributed by atoms with van der Waals surface area (Å²) < 4.78 is 0. The van der Waals surface area contributed by atoms with E-state index in [-0.39, 0.29) is 0 Å². The standard InChI is InChI=1S/C12H15N3O/c1-9-4-5-10(15-8-16)7-11(9)12(14)3-2-6-13/h2-8H,13-14H2,1H3,(H,15,16)/b6-2-,12-3-. The molecule has 0 saturated carbocycles. The molecule has 4 nitrogen and oxygen atoms in total. The van der Waals surface area contributed by atoms with Crippen LogP contribution in [0.4, 0.5) is 5.69 Å². The van der Waals surface area contributed by atoms with Crippen molar-refractivity contribution < 1.29 is 4.79 Å². The largest absolute Gasteiger partial charge is 0.405 e. The molecular formula is C12H15N3O. The molecule has 0 bridgehead atoms. The van der Waals surface area contributed by atoms with Crippen molar-refractivity contribution in [2.45, 2.75) is 6.92 Å². The lowest BCUT2D eigenvalue weighted by Gasteiger charge is -2.08. The highest BCUT2D eigenvalue weighted by Crippen LogP contribution is 2.19. The topological polar surface area (TPSA) is 81.1 Å². The number of benzene rings is 1. The molecule has 16 heavy (non-hydrogen) atoms. The molecule has 4 heteroatoms. The van der Waals surface area contributed by atoms with Crippen molar-refractivity contribution >= 4 is 17.8 Å². The Hall–Kier alpha value is -2.23. The molecule has 0 aliphatic carbocycles. The highest BCUT2D eigenvalue weighted by atomic mass is 16.1. The van der Waals surface area contributed by atoms with E-state index < -0.39 is 0 Å². The number of aryl methyl sites for hydroxylation is 1. The summed E-state index contributed by atoms with van der Waals surface area (Å²) in [7, 11) is 0. The van der Waals surface area contributed by atoms with E-state index in [1.165, 1.54) is 6.20 Å². The summed E-state index contributed by atoms with van der Waals surface area (Å²) in [5, 5.41) is 2.58. The Morgan fingerprint density at radius 2 is 2.19 bits per heavy atom. The zero-order valence-electron chi connectivity index (χ0n) is 9.10. The molecule has 0 radical (unpaired) electrons. The van der Waals surface area contributed by atoms with E-state index in [9.17, 15) is 4.79 Å². The van der Waals surface area contributed by atoms with Crippen LogP contribution in [0.2, 0.25) is 0 Å². The SMILES string of the molecule is Cc1ccc(NC=O)cc1/C(N)=C/C=C\N. The smallest absolute Gasteiger partial charge is 0.211 e. The molecule has 1 amide bonds. The molecule has 0 fully saturated rings. The number of nitrogens with one attached hydrogen (secondary N) is 1. The van der Waals surface area contributed by atoms with Crippen LogP contribution in [0.5, 0.6) is 0 Å². The Kier molecular flexibility index (Phi) is 4.15. The molecule has 84 valence electrons. The van der Waals surface area contributed by atoms with E-state index in [1.54, 1.807) is 12.2 Å². The summed E-state index contributed by atoms with van der Waals surface area (Å²) in [6, 6.07) is 5.53. The minimum absolute atomic E-state index is 0.605. The summed E-state index contributed by atoms with van der Waals surface area (Å²) in [5.41, 5.74) is 14.4. The van der Waals surface area contributed by atoms with Gasteiger partial charge in [0.1, 0.15) is 0 Å². The molecule has 0 heterocycles. The summed E-state index contributed by atoms with van der Waals surface area (Å²) in [4.78, 5) is 10.3. The van der Waals surface area contributed by atoms with E-state index in [4.69, 9.17) is 11.5 Å². The zero-order chi connectivity index (χ0) is 12.0. The van der Waals surface area contributed by atoms with Gasteiger partial charge in [0.25, 0.3) is 0 Å². The van der Waals surface area contributed by atoms with Gasteiger partial charge in [-0.05, 0) is 43.0 Å². The van der Waals surface area contributed by atoms with Gasteiger partial charge in [-0.2, -0.15) is 0 Å². The van der Waals surface area contributed by atoms with Crippen LogP contribution >= 0.6 is 0 Å².